The van der Waals surface area contributed by atoms with E-state index in [0.717, 1.165) is 4.90 Å². The predicted molar refractivity (Wildman–Crippen MR) is 65.0 cm³/mol. The predicted octanol–water partition coefficient (Wildman–Crippen LogP) is 2.80. The molecule has 1 heterocycles. The van der Waals surface area contributed by atoms with Crippen LogP contribution < -0.4 is 4.90 Å². The molecule has 0 saturated heterocycles. The maximum atomic E-state index is 13.0. The largest absolute Gasteiger partial charge is 0.269 e. The third-order valence-electron chi connectivity index (χ3n) is 2.76. The Hall–Kier alpha value is -1.49. The average molecular weight is 298 g/mol. The van der Waals surface area contributed by atoms with Crippen molar-refractivity contribution in [2.45, 2.75) is 13.8 Å². The molecule has 0 saturated carbocycles. The van der Waals surface area contributed by atoms with Gasteiger partial charge < -0.3 is 0 Å². The molecule has 0 N–H and O–H groups in total. The van der Waals surface area contributed by atoms with Gasteiger partial charge in [0.25, 0.3) is 11.8 Å². The van der Waals surface area contributed by atoms with Gasteiger partial charge in [0.1, 0.15) is 5.82 Å². The molecule has 0 aromatic heterocycles. The van der Waals surface area contributed by atoms with Crippen molar-refractivity contribution in [3.05, 3.63) is 39.6 Å². The van der Waals surface area contributed by atoms with E-state index in [0.29, 0.717) is 21.3 Å². The summed E-state index contributed by atoms with van der Waals surface area (Å²) in [5.41, 5.74) is 1.20. The first-order chi connectivity index (χ1) is 7.93. The van der Waals surface area contributed by atoms with Crippen LogP contribution in [-0.2, 0) is 9.59 Å². The number of carbonyl (C=O) groups excluding carboxylic acids is 2. The van der Waals surface area contributed by atoms with Crippen LogP contribution in [0.25, 0.3) is 0 Å². The number of imide groups is 1. The SMILES string of the molecule is CC1=C(C)C(=O)N(c2ccc(F)cc2Br)C1=O. The molecule has 1 aliphatic rings. The quantitative estimate of drug-likeness (QED) is 0.748. The van der Waals surface area contributed by atoms with Crippen LogP contribution in [0, 0.1) is 5.82 Å². The molecule has 2 amide bonds. The highest BCUT2D eigenvalue weighted by Crippen LogP contribution is 2.32. The minimum Gasteiger partial charge on any atom is -0.269 e. The Labute approximate surface area is 106 Å². The van der Waals surface area contributed by atoms with E-state index < -0.39 is 5.82 Å². The molecule has 5 heteroatoms. The van der Waals surface area contributed by atoms with E-state index in [1.165, 1.54) is 18.2 Å². The highest BCUT2D eigenvalue weighted by molar-refractivity contribution is 9.10. The second-order valence-electron chi connectivity index (χ2n) is 3.79. The van der Waals surface area contributed by atoms with Gasteiger partial charge in [-0.2, -0.15) is 0 Å². The van der Waals surface area contributed by atoms with Gasteiger partial charge in [0.15, 0.2) is 0 Å². The lowest BCUT2D eigenvalue weighted by molar-refractivity contribution is -0.120. The van der Waals surface area contributed by atoms with E-state index in [1.54, 1.807) is 13.8 Å². The summed E-state index contributed by atoms with van der Waals surface area (Å²) < 4.78 is 13.3. The van der Waals surface area contributed by atoms with Gasteiger partial charge >= 0.3 is 0 Å². The number of halogens is 2. The standard InChI is InChI=1S/C12H9BrFNO2/c1-6-7(2)12(17)15(11(6)16)10-4-3-8(14)5-9(10)13/h3-5H,1-2H3. The number of carbonyl (C=O) groups is 2. The van der Waals surface area contributed by atoms with Crippen molar-refractivity contribution >= 4 is 33.4 Å². The van der Waals surface area contributed by atoms with Crippen molar-refractivity contribution in [1.82, 2.24) is 0 Å². The van der Waals surface area contributed by atoms with E-state index >= 15 is 0 Å². The lowest BCUT2D eigenvalue weighted by Crippen LogP contribution is -2.31. The van der Waals surface area contributed by atoms with E-state index in [4.69, 9.17) is 0 Å². The fourth-order valence-electron chi connectivity index (χ4n) is 1.63. The van der Waals surface area contributed by atoms with E-state index in [1.807, 2.05) is 0 Å². The van der Waals surface area contributed by atoms with Gasteiger partial charge in [-0.05, 0) is 48.0 Å². The monoisotopic (exact) mass is 297 g/mol. The zero-order valence-electron chi connectivity index (χ0n) is 9.25. The van der Waals surface area contributed by atoms with Gasteiger partial charge in [0.05, 0.1) is 5.69 Å². The van der Waals surface area contributed by atoms with Crippen LogP contribution in [0.5, 0.6) is 0 Å². The second kappa shape index (κ2) is 4.07. The van der Waals surface area contributed by atoms with Crippen molar-refractivity contribution in [1.29, 1.82) is 0 Å². The molecule has 0 aliphatic carbocycles. The van der Waals surface area contributed by atoms with Gasteiger partial charge in [-0.3, -0.25) is 9.59 Å². The molecule has 0 unspecified atom stereocenters. The van der Waals surface area contributed by atoms with Gasteiger partial charge in [-0.15, -0.1) is 0 Å². The summed E-state index contributed by atoms with van der Waals surface area (Å²) in [5, 5.41) is 0. The molecule has 1 aromatic rings. The fourth-order valence-corrected chi connectivity index (χ4v) is 2.16. The molecule has 3 nitrogen and oxygen atoms in total. The molecule has 88 valence electrons. The first-order valence-electron chi connectivity index (χ1n) is 4.95. The summed E-state index contributed by atoms with van der Waals surface area (Å²) in [6.45, 7) is 3.21. The van der Waals surface area contributed by atoms with Crippen molar-refractivity contribution in [3.63, 3.8) is 0 Å². The second-order valence-corrected chi connectivity index (χ2v) is 4.65. The smallest absolute Gasteiger partial charge is 0.261 e. The van der Waals surface area contributed by atoms with Crippen LogP contribution in [-0.4, -0.2) is 11.8 Å². The number of hydrogen-bond donors (Lipinski definition) is 0. The van der Waals surface area contributed by atoms with Crippen LogP contribution in [0.4, 0.5) is 10.1 Å². The van der Waals surface area contributed by atoms with Gasteiger partial charge in [-0.25, -0.2) is 9.29 Å². The summed E-state index contributed by atoms with van der Waals surface area (Å²) in [7, 11) is 0. The maximum absolute atomic E-state index is 13.0. The van der Waals surface area contributed by atoms with E-state index in [2.05, 4.69) is 15.9 Å². The Bertz CT molecular complexity index is 542. The Balaban J connectivity index is 2.50. The third kappa shape index (κ3) is 1.80. The normalized spacial score (nSPS) is 16.1. The molecule has 1 aromatic carbocycles. The number of benzene rings is 1. The van der Waals surface area contributed by atoms with Crippen LogP contribution in [0.1, 0.15) is 13.8 Å². The molecule has 1 aliphatic heterocycles. The zero-order valence-corrected chi connectivity index (χ0v) is 10.8. The first-order valence-corrected chi connectivity index (χ1v) is 5.74. The molecule has 0 fully saturated rings. The maximum Gasteiger partial charge on any atom is 0.261 e. The number of anilines is 1. The Morgan fingerprint density at radius 3 is 2.12 bits per heavy atom. The van der Waals surface area contributed by atoms with Crippen LogP contribution >= 0.6 is 15.9 Å². The van der Waals surface area contributed by atoms with Crippen LogP contribution in [0.2, 0.25) is 0 Å². The first kappa shape index (κ1) is 12.0. The number of hydrogen-bond acceptors (Lipinski definition) is 2. The highest BCUT2D eigenvalue weighted by Gasteiger charge is 2.35. The topological polar surface area (TPSA) is 37.4 Å². The Morgan fingerprint density at radius 2 is 1.65 bits per heavy atom. The third-order valence-corrected chi connectivity index (χ3v) is 3.40. The molecular weight excluding hydrogens is 289 g/mol. The molecule has 0 spiro atoms. The minimum atomic E-state index is -0.430. The van der Waals surface area contributed by atoms with Crippen LogP contribution in [0.15, 0.2) is 33.8 Å². The average Bonchev–Trinajstić information content (AvgIpc) is 2.45. The van der Waals surface area contributed by atoms with Crippen molar-refractivity contribution in [3.8, 4) is 0 Å². The molecule has 2 rings (SSSR count). The zero-order chi connectivity index (χ0) is 12.7. The molecule has 17 heavy (non-hydrogen) atoms. The van der Waals surface area contributed by atoms with Crippen molar-refractivity contribution in [2.75, 3.05) is 4.90 Å². The summed E-state index contributed by atoms with van der Waals surface area (Å²) in [5.74, 6) is -1.15. The number of nitrogens with zero attached hydrogens (tertiary/aromatic N) is 1. The van der Waals surface area contributed by atoms with Crippen LogP contribution in [0.3, 0.4) is 0 Å². The minimum absolute atomic E-state index is 0.359. The fraction of sp³-hybridized carbons (Fsp3) is 0.167. The number of rotatable bonds is 1. The van der Waals surface area contributed by atoms with E-state index in [9.17, 15) is 14.0 Å². The number of amides is 2. The summed E-state index contributed by atoms with van der Waals surface area (Å²) in [6, 6.07) is 3.84. The molecule has 0 atom stereocenters. The van der Waals surface area contributed by atoms with Gasteiger partial charge in [0, 0.05) is 15.6 Å². The summed E-state index contributed by atoms with van der Waals surface area (Å²) in [4.78, 5) is 24.8. The Kier molecular flexibility index (Phi) is 2.87. The molecular formula is C12H9BrFNO2. The Morgan fingerprint density at radius 1 is 1.12 bits per heavy atom. The van der Waals surface area contributed by atoms with E-state index in [-0.39, 0.29) is 11.8 Å². The summed E-state index contributed by atoms with van der Waals surface area (Å²) in [6.07, 6.45) is 0. The highest BCUT2D eigenvalue weighted by atomic mass is 79.9. The molecule has 0 radical (unpaired) electrons. The molecule has 0 bridgehead atoms. The van der Waals surface area contributed by atoms with Crippen molar-refractivity contribution in [2.24, 2.45) is 0 Å². The summed E-state index contributed by atoms with van der Waals surface area (Å²) >= 11 is 3.15. The lowest BCUT2D eigenvalue weighted by Gasteiger charge is -2.16. The van der Waals surface area contributed by atoms with Crippen molar-refractivity contribution < 1.29 is 14.0 Å². The van der Waals surface area contributed by atoms with Gasteiger partial charge in [-0.1, -0.05) is 0 Å². The van der Waals surface area contributed by atoms with Gasteiger partial charge in [0.2, 0.25) is 0 Å². The lowest BCUT2D eigenvalue weighted by atomic mass is 10.2.